The number of benzene rings is 3. The number of para-hydroxylation sites is 1. The zero-order valence-corrected chi connectivity index (χ0v) is 16.8. The van der Waals surface area contributed by atoms with Crippen LogP contribution in [0.5, 0.6) is 0 Å². The summed E-state index contributed by atoms with van der Waals surface area (Å²) in [6.07, 6.45) is 1.62. The summed E-state index contributed by atoms with van der Waals surface area (Å²) in [5, 5.41) is 4.26. The largest absolute Gasteiger partial charge is 0.442 e. The SMILES string of the molecule is O=C1OC2NC(c3ccccc3)c3ccccc3C2C=C1c1nc2ccccc2s1. The number of aromatic nitrogens is 1. The maximum absolute atomic E-state index is 12.9. The lowest BCUT2D eigenvalue weighted by Gasteiger charge is -2.40. The molecule has 0 aliphatic carbocycles. The maximum atomic E-state index is 12.9. The van der Waals surface area contributed by atoms with Gasteiger partial charge in [0.05, 0.1) is 27.7 Å². The monoisotopic (exact) mass is 410 g/mol. The van der Waals surface area contributed by atoms with E-state index in [0.717, 1.165) is 15.8 Å². The van der Waals surface area contributed by atoms with Gasteiger partial charge < -0.3 is 4.74 Å². The van der Waals surface area contributed by atoms with E-state index < -0.39 is 6.23 Å². The molecule has 0 bridgehead atoms. The molecule has 2 aliphatic heterocycles. The molecule has 3 unspecified atom stereocenters. The van der Waals surface area contributed by atoms with Gasteiger partial charge >= 0.3 is 5.97 Å². The van der Waals surface area contributed by atoms with E-state index in [1.165, 1.54) is 22.5 Å². The van der Waals surface area contributed by atoms with Crippen LogP contribution < -0.4 is 5.32 Å². The number of ether oxygens (including phenoxy) is 1. The molecule has 3 atom stereocenters. The van der Waals surface area contributed by atoms with E-state index in [9.17, 15) is 4.79 Å². The van der Waals surface area contributed by atoms with Crippen LogP contribution in [0.2, 0.25) is 0 Å². The number of rotatable bonds is 2. The van der Waals surface area contributed by atoms with E-state index in [0.29, 0.717) is 10.6 Å². The summed E-state index contributed by atoms with van der Waals surface area (Å²) < 4.78 is 6.97. The quantitative estimate of drug-likeness (QED) is 0.471. The van der Waals surface area contributed by atoms with E-state index in [2.05, 4.69) is 40.6 Å². The number of carbonyl (C=O) groups excluding carboxylic acids is 1. The molecule has 0 saturated carbocycles. The Balaban J connectivity index is 1.46. The topological polar surface area (TPSA) is 51.2 Å². The predicted octanol–water partition coefficient (Wildman–Crippen LogP) is 5.04. The number of esters is 1. The van der Waals surface area contributed by atoms with Gasteiger partial charge in [-0.25, -0.2) is 9.78 Å². The van der Waals surface area contributed by atoms with E-state index in [4.69, 9.17) is 4.74 Å². The molecule has 1 N–H and O–H groups in total. The van der Waals surface area contributed by atoms with Crippen LogP contribution in [0, 0.1) is 0 Å². The molecule has 30 heavy (non-hydrogen) atoms. The van der Waals surface area contributed by atoms with E-state index in [-0.39, 0.29) is 17.9 Å². The van der Waals surface area contributed by atoms with E-state index in [1.54, 1.807) is 0 Å². The maximum Gasteiger partial charge on any atom is 0.342 e. The number of fused-ring (bicyclic) bond motifs is 4. The summed E-state index contributed by atoms with van der Waals surface area (Å²) in [7, 11) is 0. The fourth-order valence-corrected chi connectivity index (χ4v) is 5.35. The Labute approximate surface area is 177 Å². The molecule has 4 aromatic rings. The number of hydrogen-bond acceptors (Lipinski definition) is 5. The summed E-state index contributed by atoms with van der Waals surface area (Å²) in [6, 6.07) is 26.6. The van der Waals surface area contributed by atoms with Crippen molar-refractivity contribution in [1.29, 1.82) is 0 Å². The first-order valence-electron chi connectivity index (χ1n) is 9.96. The van der Waals surface area contributed by atoms with Crippen LogP contribution in [0.25, 0.3) is 15.8 Å². The van der Waals surface area contributed by atoms with E-state index >= 15 is 0 Å². The number of hydrogen-bond donors (Lipinski definition) is 1. The van der Waals surface area contributed by atoms with Crippen molar-refractivity contribution in [1.82, 2.24) is 10.3 Å². The van der Waals surface area contributed by atoms with Crippen molar-refractivity contribution in [3.63, 3.8) is 0 Å². The highest BCUT2D eigenvalue weighted by Gasteiger charge is 2.40. The molecule has 0 fully saturated rings. The average molecular weight is 410 g/mol. The molecular weight excluding hydrogens is 392 g/mol. The van der Waals surface area contributed by atoms with E-state index in [1.807, 2.05) is 54.6 Å². The highest BCUT2D eigenvalue weighted by atomic mass is 32.1. The van der Waals surface area contributed by atoms with Crippen LogP contribution in [0.3, 0.4) is 0 Å². The Kier molecular flexibility index (Phi) is 4.04. The van der Waals surface area contributed by atoms with Gasteiger partial charge in [0.25, 0.3) is 0 Å². The summed E-state index contributed by atoms with van der Waals surface area (Å²) in [6.45, 7) is 0. The molecular formula is C25H18N2O2S. The van der Waals surface area contributed by atoms with Gasteiger partial charge in [-0.2, -0.15) is 0 Å². The molecule has 146 valence electrons. The van der Waals surface area contributed by atoms with Crippen molar-refractivity contribution in [2.24, 2.45) is 0 Å². The Bertz CT molecular complexity index is 1260. The Hall–Kier alpha value is -3.28. The summed E-state index contributed by atoms with van der Waals surface area (Å²) >= 11 is 1.52. The average Bonchev–Trinajstić information content (AvgIpc) is 3.22. The summed E-state index contributed by atoms with van der Waals surface area (Å²) in [4.78, 5) is 17.6. The number of nitrogens with zero attached hydrogens (tertiary/aromatic N) is 1. The molecule has 4 nitrogen and oxygen atoms in total. The van der Waals surface area contributed by atoms with Crippen molar-refractivity contribution >= 4 is 33.1 Å². The molecule has 2 aliphatic rings. The molecule has 0 radical (unpaired) electrons. The minimum atomic E-state index is -0.407. The second kappa shape index (κ2) is 6.90. The Morgan fingerprint density at radius 2 is 1.60 bits per heavy atom. The molecule has 0 spiro atoms. The molecule has 3 heterocycles. The molecule has 1 aromatic heterocycles. The van der Waals surface area contributed by atoms with Gasteiger partial charge in [0.1, 0.15) is 5.01 Å². The Morgan fingerprint density at radius 3 is 2.43 bits per heavy atom. The fraction of sp³-hybridized carbons (Fsp3) is 0.120. The van der Waals surface area contributed by atoms with Crippen LogP contribution in [0.4, 0.5) is 0 Å². The predicted molar refractivity (Wildman–Crippen MR) is 118 cm³/mol. The smallest absolute Gasteiger partial charge is 0.342 e. The number of nitrogens with one attached hydrogen (secondary N) is 1. The number of carbonyl (C=O) groups is 1. The van der Waals surface area contributed by atoms with Gasteiger partial charge in [-0.1, -0.05) is 72.8 Å². The second-order valence-electron chi connectivity index (χ2n) is 7.56. The van der Waals surface area contributed by atoms with Crippen LogP contribution in [0.15, 0.2) is 84.9 Å². The molecule has 3 aromatic carbocycles. The normalized spacial score (nSPS) is 22.7. The summed E-state index contributed by atoms with van der Waals surface area (Å²) in [5.74, 6) is -0.380. The lowest BCUT2D eigenvalue weighted by atomic mass is 9.81. The third-order valence-corrected chi connectivity index (χ3v) is 6.85. The zero-order valence-electron chi connectivity index (χ0n) is 16.0. The second-order valence-corrected chi connectivity index (χ2v) is 8.59. The van der Waals surface area contributed by atoms with Crippen molar-refractivity contribution in [3.05, 3.63) is 107 Å². The van der Waals surface area contributed by atoms with Crippen LogP contribution in [-0.2, 0) is 9.53 Å². The minimum absolute atomic E-state index is 0.0196. The van der Waals surface area contributed by atoms with Crippen LogP contribution in [0.1, 0.15) is 33.7 Å². The van der Waals surface area contributed by atoms with Gasteiger partial charge in [0.2, 0.25) is 0 Å². The third kappa shape index (κ3) is 2.78. The zero-order chi connectivity index (χ0) is 20.1. The number of thiazole rings is 1. The van der Waals surface area contributed by atoms with Crippen molar-refractivity contribution in [3.8, 4) is 0 Å². The first-order valence-corrected chi connectivity index (χ1v) is 10.8. The standard InChI is InChI=1S/C25H18N2O2S/c28-25-19(24-26-20-12-6-7-13-21(20)30-24)14-18-16-10-4-5-11-17(16)22(27-23(18)29-25)15-8-2-1-3-9-15/h1-14,18,22-23,27H. The van der Waals surface area contributed by atoms with Gasteiger partial charge in [-0.3, -0.25) is 5.32 Å². The lowest BCUT2D eigenvalue weighted by molar-refractivity contribution is -0.146. The minimum Gasteiger partial charge on any atom is -0.442 e. The van der Waals surface area contributed by atoms with Gasteiger partial charge in [-0.05, 0) is 28.8 Å². The molecule has 0 saturated heterocycles. The Morgan fingerprint density at radius 1 is 0.867 bits per heavy atom. The van der Waals surface area contributed by atoms with Gasteiger partial charge in [0.15, 0.2) is 6.23 Å². The first-order chi connectivity index (χ1) is 14.8. The third-order valence-electron chi connectivity index (χ3n) is 5.78. The van der Waals surface area contributed by atoms with Crippen LogP contribution in [-0.4, -0.2) is 17.2 Å². The molecule has 6 rings (SSSR count). The van der Waals surface area contributed by atoms with Gasteiger partial charge in [0, 0.05) is 0 Å². The first kappa shape index (κ1) is 17.6. The fourth-order valence-electron chi connectivity index (χ4n) is 4.38. The highest BCUT2D eigenvalue weighted by Crippen LogP contribution is 2.42. The molecule has 5 heteroatoms. The highest BCUT2D eigenvalue weighted by molar-refractivity contribution is 7.19. The van der Waals surface area contributed by atoms with Gasteiger partial charge in [-0.15, -0.1) is 11.3 Å². The lowest BCUT2D eigenvalue weighted by Crippen LogP contribution is -2.47. The van der Waals surface area contributed by atoms with Crippen molar-refractivity contribution in [2.45, 2.75) is 18.2 Å². The molecule has 0 amide bonds. The van der Waals surface area contributed by atoms with Crippen molar-refractivity contribution < 1.29 is 9.53 Å². The van der Waals surface area contributed by atoms with Crippen molar-refractivity contribution in [2.75, 3.05) is 0 Å². The van der Waals surface area contributed by atoms with Crippen LogP contribution >= 0.6 is 11.3 Å². The summed E-state index contributed by atoms with van der Waals surface area (Å²) in [5.41, 5.74) is 5.00.